The lowest BCUT2D eigenvalue weighted by Gasteiger charge is -2.30. The van der Waals surface area contributed by atoms with E-state index in [9.17, 15) is 4.79 Å². The second-order valence-corrected chi connectivity index (χ2v) is 8.48. The number of pyridine rings is 1. The lowest BCUT2D eigenvalue weighted by atomic mass is 9.95. The number of amides is 1. The van der Waals surface area contributed by atoms with Gasteiger partial charge in [-0.05, 0) is 43.2 Å². The van der Waals surface area contributed by atoms with Crippen LogP contribution < -0.4 is 0 Å². The minimum absolute atomic E-state index is 0.0202. The summed E-state index contributed by atoms with van der Waals surface area (Å²) in [5, 5.41) is 8.66. The van der Waals surface area contributed by atoms with Gasteiger partial charge in [0.15, 0.2) is 11.4 Å². The molecule has 5 rings (SSSR count). The standard InChI is InChI=1S/C23H22N4O2S/c28-23(21-18(11-15-29-21)16-30-19-6-2-1-3-7-19)26-13-9-17(10-14-26)22-25-24-20-8-4-5-12-27(20)22/h1-8,11-12,15,17H,9-10,13-14,16H2. The number of furan rings is 1. The molecule has 4 heterocycles. The van der Waals surface area contributed by atoms with Crippen LogP contribution in [0.2, 0.25) is 0 Å². The van der Waals surface area contributed by atoms with Crippen LogP contribution in [0.5, 0.6) is 0 Å². The fourth-order valence-corrected chi connectivity index (χ4v) is 4.84. The summed E-state index contributed by atoms with van der Waals surface area (Å²) in [7, 11) is 0. The fraction of sp³-hybridized carbons (Fsp3) is 0.261. The van der Waals surface area contributed by atoms with Gasteiger partial charge in [0.2, 0.25) is 0 Å². The summed E-state index contributed by atoms with van der Waals surface area (Å²) < 4.78 is 7.64. The Hall–Kier alpha value is -3.06. The average molecular weight is 419 g/mol. The number of benzene rings is 1. The van der Waals surface area contributed by atoms with Gasteiger partial charge in [-0.15, -0.1) is 22.0 Å². The number of aromatic nitrogens is 3. The van der Waals surface area contributed by atoms with Crippen molar-refractivity contribution in [2.24, 2.45) is 0 Å². The zero-order chi connectivity index (χ0) is 20.3. The largest absolute Gasteiger partial charge is 0.459 e. The molecule has 0 aliphatic carbocycles. The Morgan fingerprint density at radius 1 is 1.03 bits per heavy atom. The van der Waals surface area contributed by atoms with Crippen molar-refractivity contribution >= 4 is 23.3 Å². The van der Waals surface area contributed by atoms with Gasteiger partial charge < -0.3 is 9.32 Å². The van der Waals surface area contributed by atoms with E-state index in [1.54, 1.807) is 18.0 Å². The van der Waals surface area contributed by atoms with Crippen LogP contribution in [0.15, 0.2) is 76.4 Å². The van der Waals surface area contributed by atoms with Crippen molar-refractivity contribution in [1.82, 2.24) is 19.5 Å². The van der Waals surface area contributed by atoms with Crippen molar-refractivity contribution in [1.29, 1.82) is 0 Å². The van der Waals surface area contributed by atoms with Crippen LogP contribution in [-0.2, 0) is 5.75 Å². The van der Waals surface area contributed by atoms with Crippen LogP contribution in [0.3, 0.4) is 0 Å². The van der Waals surface area contributed by atoms with Crippen molar-refractivity contribution in [2.75, 3.05) is 13.1 Å². The van der Waals surface area contributed by atoms with Crippen molar-refractivity contribution in [3.8, 4) is 0 Å². The average Bonchev–Trinajstić information content (AvgIpc) is 3.45. The summed E-state index contributed by atoms with van der Waals surface area (Å²) in [5.41, 5.74) is 1.81. The number of rotatable bonds is 5. The van der Waals surface area contributed by atoms with E-state index in [0.717, 1.165) is 29.9 Å². The first-order chi connectivity index (χ1) is 14.8. The van der Waals surface area contributed by atoms with E-state index in [0.29, 0.717) is 30.5 Å². The van der Waals surface area contributed by atoms with Gasteiger partial charge in [0.25, 0.3) is 5.91 Å². The normalized spacial score (nSPS) is 15.0. The molecule has 0 saturated carbocycles. The summed E-state index contributed by atoms with van der Waals surface area (Å²) in [4.78, 5) is 16.2. The molecule has 0 N–H and O–H groups in total. The third kappa shape index (κ3) is 3.73. The molecular formula is C23H22N4O2S. The van der Waals surface area contributed by atoms with E-state index in [2.05, 4.69) is 22.3 Å². The number of hydrogen-bond acceptors (Lipinski definition) is 5. The van der Waals surface area contributed by atoms with Gasteiger partial charge in [-0.1, -0.05) is 24.3 Å². The Morgan fingerprint density at radius 2 is 1.83 bits per heavy atom. The Balaban J connectivity index is 1.24. The highest BCUT2D eigenvalue weighted by Crippen LogP contribution is 2.30. The van der Waals surface area contributed by atoms with Gasteiger partial charge in [-0.2, -0.15) is 0 Å². The molecule has 6 nitrogen and oxygen atoms in total. The van der Waals surface area contributed by atoms with E-state index in [-0.39, 0.29) is 5.91 Å². The number of thioether (sulfide) groups is 1. The van der Waals surface area contributed by atoms with Crippen molar-refractivity contribution in [3.63, 3.8) is 0 Å². The highest BCUT2D eigenvalue weighted by Gasteiger charge is 2.29. The van der Waals surface area contributed by atoms with Crippen LogP contribution in [0.25, 0.3) is 5.65 Å². The predicted octanol–water partition coefficient (Wildman–Crippen LogP) is 4.63. The number of carbonyl (C=O) groups is 1. The first-order valence-corrected chi connectivity index (χ1v) is 11.1. The number of piperidine rings is 1. The van der Waals surface area contributed by atoms with Crippen LogP contribution >= 0.6 is 11.8 Å². The second-order valence-electron chi connectivity index (χ2n) is 7.43. The predicted molar refractivity (Wildman–Crippen MR) is 116 cm³/mol. The fourth-order valence-electron chi connectivity index (χ4n) is 3.94. The molecule has 0 unspecified atom stereocenters. The molecule has 3 aromatic heterocycles. The number of likely N-dealkylation sites (tertiary alicyclic amines) is 1. The molecule has 1 aromatic carbocycles. The molecule has 4 aromatic rings. The van der Waals surface area contributed by atoms with E-state index in [1.807, 2.05) is 58.0 Å². The molecule has 7 heteroatoms. The molecule has 1 aliphatic heterocycles. The maximum absolute atomic E-state index is 13.1. The van der Waals surface area contributed by atoms with Crippen molar-refractivity contribution < 1.29 is 9.21 Å². The molecule has 1 aliphatic rings. The molecule has 1 amide bonds. The van der Waals surface area contributed by atoms with Crippen LogP contribution in [0.1, 0.15) is 40.7 Å². The summed E-state index contributed by atoms with van der Waals surface area (Å²) in [5.74, 6) is 2.44. The van der Waals surface area contributed by atoms with E-state index >= 15 is 0 Å². The van der Waals surface area contributed by atoms with Gasteiger partial charge in [-0.3, -0.25) is 9.20 Å². The summed E-state index contributed by atoms with van der Waals surface area (Å²) in [6, 6.07) is 18.0. The summed E-state index contributed by atoms with van der Waals surface area (Å²) >= 11 is 1.71. The minimum Gasteiger partial charge on any atom is -0.459 e. The monoisotopic (exact) mass is 418 g/mol. The van der Waals surface area contributed by atoms with Crippen molar-refractivity contribution in [3.05, 3.63) is 84.2 Å². The third-order valence-electron chi connectivity index (χ3n) is 5.57. The molecule has 1 fully saturated rings. The number of fused-ring (bicyclic) bond motifs is 1. The number of nitrogens with zero attached hydrogens (tertiary/aromatic N) is 4. The van der Waals surface area contributed by atoms with Crippen LogP contribution in [0.4, 0.5) is 0 Å². The van der Waals surface area contributed by atoms with Crippen LogP contribution in [0, 0.1) is 0 Å². The third-order valence-corrected chi connectivity index (χ3v) is 6.63. The van der Waals surface area contributed by atoms with Gasteiger partial charge in [-0.25, -0.2) is 0 Å². The summed E-state index contributed by atoms with van der Waals surface area (Å²) in [6.45, 7) is 1.38. The zero-order valence-corrected chi connectivity index (χ0v) is 17.3. The molecule has 0 spiro atoms. The van der Waals surface area contributed by atoms with E-state index in [1.165, 1.54) is 4.90 Å². The van der Waals surface area contributed by atoms with Gasteiger partial charge in [0.05, 0.1) is 6.26 Å². The Morgan fingerprint density at radius 3 is 2.67 bits per heavy atom. The lowest BCUT2D eigenvalue weighted by Crippen LogP contribution is -2.38. The minimum atomic E-state index is -0.0202. The Bertz CT molecular complexity index is 1150. The lowest BCUT2D eigenvalue weighted by molar-refractivity contribution is 0.0677. The zero-order valence-electron chi connectivity index (χ0n) is 16.5. The molecule has 0 radical (unpaired) electrons. The van der Waals surface area contributed by atoms with Crippen molar-refractivity contribution in [2.45, 2.75) is 29.4 Å². The maximum Gasteiger partial charge on any atom is 0.289 e. The Kier molecular flexibility index (Phi) is 5.27. The highest BCUT2D eigenvalue weighted by molar-refractivity contribution is 7.98. The second kappa shape index (κ2) is 8.36. The molecular weight excluding hydrogens is 396 g/mol. The first kappa shape index (κ1) is 18.9. The highest BCUT2D eigenvalue weighted by atomic mass is 32.2. The maximum atomic E-state index is 13.1. The van der Waals surface area contributed by atoms with E-state index < -0.39 is 0 Å². The first-order valence-electron chi connectivity index (χ1n) is 10.1. The molecule has 1 saturated heterocycles. The van der Waals surface area contributed by atoms with Gasteiger partial charge in [0.1, 0.15) is 5.82 Å². The molecule has 0 atom stereocenters. The Labute approximate surface area is 178 Å². The SMILES string of the molecule is O=C(c1occc1CSc1ccccc1)N1CCC(c2nnc3ccccn23)CC1. The molecule has 30 heavy (non-hydrogen) atoms. The number of hydrogen-bond donors (Lipinski definition) is 0. The van der Waals surface area contributed by atoms with Gasteiger partial charge >= 0.3 is 0 Å². The topological polar surface area (TPSA) is 63.6 Å². The quantitative estimate of drug-likeness (QED) is 0.442. The smallest absolute Gasteiger partial charge is 0.289 e. The summed E-state index contributed by atoms with van der Waals surface area (Å²) in [6.07, 6.45) is 5.36. The number of carbonyl (C=O) groups excluding carboxylic acids is 1. The van der Waals surface area contributed by atoms with Crippen LogP contribution in [-0.4, -0.2) is 38.5 Å². The molecule has 0 bridgehead atoms. The molecule has 152 valence electrons. The van der Waals surface area contributed by atoms with E-state index in [4.69, 9.17) is 4.42 Å². The van der Waals surface area contributed by atoms with Gasteiger partial charge in [0, 0.05) is 41.4 Å².